The number of thiophene rings is 2. The molecule has 114 valence electrons. The van der Waals surface area contributed by atoms with Crippen LogP contribution in [0.1, 0.15) is 28.3 Å². The lowest BCUT2D eigenvalue weighted by Crippen LogP contribution is -2.42. The van der Waals surface area contributed by atoms with Crippen LogP contribution in [0.5, 0.6) is 5.75 Å². The number of nitrogens with zero attached hydrogens (tertiary/aromatic N) is 1. The summed E-state index contributed by atoms with van der Waals surface area (Å²) in [6.07, 6.45) is 2.18. The first kappa shape index (κ1) is 13.4. The molecule has 2 aromatic heterocycles. The summed E-state index contributed by atoms with van der Waals surface area (Å²) in [6.45, 7) is 0. The second-order valence-electron chi connectivity index (χ2n) is 5.59. The molecular weight excluding hydrogens is 324 g/mol. The Morgan fingerprint density at radius 2 is 2.00 bits per heavy atom. The van der Waals surface area contributed by atoms with E-state index >= 15 is 0 Å². The minimum Gasteiger partial charge on any atom is -0.469 e. The van der Waals surface area contributed by atoms with Gasteiger partial charge in [0, 0.05) is 11.1 Å². The molecule has 2 aliphatic heterocycles. The van der Waals surface area contributed by atoms with E-state index in [0.717, 1.165) is 11.4 Å². The van der Waals surface area contributed by atoms with Gasteiger partial charge in [0.15, 0.2) is 6.23 Å². The first-order valence-corrected chi connectivity index (χ1v) is 9.31. The highest BCUT2D eigenvalue weighted by molar-refractivity contribution is 7.11. The second-order valence-corrected chi connectivity index (χ2v) is 7.31. The van der Waals surface area contributed by atoms with E-state index in [1.54, 1.807) is 22.7 Å². The average molecular weight is 338 g/mol. The van der Waals surface area contributed by atoms with Gasteiger partial charge in [0.25, 0.3) is 0 Å². The molecule has 0 amide bonds. The van der Waals surface area contributed by atoms with Crippen molar-refractivity contribution in [3.8, 4) is 5.75 Å². The Balaban J connectivity index is 1.61. The summed E-state index contributed by atoms with van der Waals surface area (Å²) in [5.74, 6) is 0.968. The molecular formula is C18H14N2OS2. The molecule has 0 saturated carbocycles. The average Bonchev–Trinajstić information content (AvgIpc) is 3.34. The lowest BCUT2D eigenvalue weighted by molar-refractivity contribution is -0.0323. The van der Waals surface area contributed by atoms with Crippen LogP contribution in [-0.4, -0.2) is 5.01 Å². The van der Waals surface area contributed by atoms with Crippen LogP contribution >= 0.6 is 22.7 Å². The van der Waals surface area contributed by atoms with Crippen molar-refractivity contribution in [3.05, 3.63) is 80.7 Å². The van der Waals surface area contributed by atoms with Gasteiger partial charge in [-0.1, -0.05) is 24.3 Å². The quantitative estimate of drug-likeness (QED) is 0.726. The number of benzene rings is 1. The summed E-state index contributed by atoms with van der Waals surface area (Å²) in [7, 11) is 0. The second kappa shape index (κ2) is 5.23. The maximum atomic E-state index is 6.30. The standard InChI is InChI=1S/C18H14N2OS2/c1-2-5-16-13(4-1)15-10-14(17-6-3-8-23-17)19-20(15)18(21-16)12-7-9-22-11-12/h1-11,15,18-19H. The van der Waals surface area contributed by atoms with Crippen LogP contribution in [0.4, 0.5) is 0 Å². The maximum Gasteiger partial charge on any atom is 0.196 e. The predicted octanol–water partition coefficient (Wildman–Crippen LogP) is 4.80. The molecule has 3 nitrogen and oxygen atoms in total. The highest BCUT2D eigenvalue weighted by Crippen LogP contribution is 2.46. The van der Waals surface area contributed by atoms with E-state index in [4.69, 9.17) is 4.74 Å². The van der Waals surface area contributed by atoms with Crippen LogP contribution in [0.15, 0.2) is 64.7 Å². The number of hydrogen-bond donors (Lipinski definition) is 1. The van der Waals surface area contributed by atoms with E-state index in [1.807, 2.05) is 6.07 Å². The highest BCUT2D eigenvalue weighted by Gasteiger charge is 2.40. The van der Waals surface area contributed by atoms with E-state index in [9.17, 15) is 0 Å². The Morgan fingerprint density at radius 1 is 1.04 bits per heavy atom. The third-order valence-electron chi connectivity index (χ3n) is 4.22. The van der Waals surface area contributed by atoms with Gasteiger partial charge < -0.3 is 10.2 Å². The molecule has 3 aromatic rings. The summed E-state index contributed by atoms with van der Waals surface area (Å²) >= 11 is 3.45. The number of nitrogens with one attached hydrogen (secondary N) is 1. The third-order valence-corrected chi connectivity index (χ3v) is 5.82. The normalized spacial score (nSPS) is 22.7. The Labute approximate surface area is 142 Å². The molecule has 1 aromatic carbocycles. The van der Waals surface area contributed by atoms with Gasteiger partial charge in [0.1, 0.15) is 5.75 Å². The van der Waals surface area contributed by atoms with E-state index in [2.05, 4.69) is 69.0 Å². The number of para-hydroxylation sites is 1. The van der Waals surface area contributed by atoms with Crippen LogP contribution in [0.2, 0.25) is 0 Å². The zero-order chi connectivity index (χ0) is 15.2. The molecule has 0 saturated heterocycles. The molecule has 0 radical (unpaired) electrons. The molecule has 0 bridgehead atoms. The van der Waals surface area contributed by atoms with Crippen molar-refractivity contribution in [1.29, 1.82) is 0 Å². The van der Waals surface area contributed by atoms with Crippen LogP contribution in [0.25, 0.3) is 5.70 Å². The molecule has 2 aliphatic rings. The van der Waals surface area contributed by atoms with Crippen molar-refractivity contribution in [3.63, 3.8) is 0 Å². The number of hydrogen-bond acceptors (Lipinski definition) is 5. The van der Waals surface area contributed by atoms with Gasteiger partial charge in [0.05, 0.1) is 16.6 Å². The van der Waals surface area contributed by atoms with Gasteiger partial charge in [0.2, 0.25) is 0 Å². The SMILES string of the molecule is C1=C(c2cccs2)NN2C1c1ccccc1OC2c1ccsc1. The van der Waals surface area contributed by atoms with E-state index in [0.29, 0.717) is 0 Å². The van der Waals surface area contributed by atoms with Gasteiger partial charge >= 0.3 is 0 Å². The predicted molar refractivity (Wildman–Crippen MR) is 94.1 cm³/mol. The summed E-state index contributed by atoms with van der Waals surface area (Å²) in [6, 6.07) is 14.9. The fourth-order valence-electron chi connectivity index (χ4n) is 3.15. The minimum absolute atomic E-state index is 0.116. The smallest absolute Gasteiger partial charge is 0.196 e. The molecule has 2 unspecified atom stereocenters. The van der Waals surface area contributed by atoms with Crippen LogP contribution in [-0.2, 0) is 0 Å². The summed E-state index contributed by atoms with van der Waals surface area (Å²) in [4.78, 5) is 1.25. The Morgan fingerprint density at radius 3 is 2.83 bits per heavy atom. The van der Waals surface area contributed by atoms with E-state index < -0.39 is 0 Å². The molecule has 1 N–H and O–H groups in total. The van der Waals surface area contributed by atoms with Crippen molar-refractivity contribution in [2.75, 3.05) is 0 Å². The van der Waals surface area contributed by atoms with Gasteiger partial charge in [-0.15, -0.1) is 11.3 Å². The van der Waals surface area contributed by atoms with Gasteiger partial charge in [-0.3, -0.25) is 0 Å². The first-order valence-electron chi connectivity index (χ1n) is 7.48. The summed E-state index contributed by atoms with van der Waals surface area (Å²) in [5, 5.41) is 8.56. The molecule has 2 atom stereocenters. The van der Waals surface area contributed by atoms with Crippen molar-refractivity contribution in [2.24, 2.45) is 0 Å². The number of hydrazine groups is 1. The Bertz CT molecular complexity index is 855. The Kier molecular flexibility index (Phi) is 3.04. The third kappa shape index (κ3) is 2.12. The van der Waals surface area contributed by atoms with Gasteiger partial charge in [-0.2, -0.15) is 16.3 Å². The monoisotopic (exact) mass is 338 g/mol. The fraction of sp³-hybridized carbons (Fsp3) is 0.111. The fourth-order valence-corrected chi connectivity index (χ4v) is 4.52. The molecule has 4 heterocycles. The zero-order valence-electron chi connectivity index (χ0n) is 12.2. The van der Waals surface area contributed by atoms with Crippen LogP contribution in [0.3, 0.4) is 0 Å². The van der Waals surface area contributed by atoms with Gasteiger partial charge in [-0.05, 0) is 40.4 Å². The number of ether oxygens (including phenoxy) is 1. The topological polar surface area (TPSA) is 24.5 Å². The molecule has 5 heteroatoms. The maximum absolute atomic E-state index is 6.30. The minimum atomic E-state index is -0.116. The molecule has 0 aliphatic carbocycles. The summed E-state index contributed by atoms with van der Waals surface area (Å²) in [5.41, 5.74) is 7.11. The Hall–Kier alpha value is -2.08. The zero-order valence-corrected chi connectivity index (χ0v) is 13.8. The largest absolute Gasteiger partial charge is 0.469 e. The number of fused-ring (bicyclic) bond motifs is 3. The highest BCUT2D eigenvalue weighted by atomic mass is 32.1. The van der Waals surface area contributed by atoms with E-state index in [-0.39, 0.29) is 12.3 Å². The molecule has 5 rings (SSSR count). The van der Waals surface area contributed by atoms with Crippen molar-refractivity contribution in [2.45, 2.75) is 12.3 Å². The lowest BCUT2D eigenvalue weighted by Gasteiger charge is -2.38. The van der Waals surface area contributed by atoms with Crippen LogP contribution in [0, 0.1) is 0 Å². The number of rotatable bonds is 2. The van der Waals surface area contributed by atoms with Crippen molar-refractivity contribution < 1.29 is 4.74 Å². The summed E-state index contributed by atoms with van der Waals surface area (Å²) < 4.78 is 6.30. The lowest BCUT2D eigenvalue weighted by atomic mass is 10.0. The molecule has 0 fully saturated rings. The molecule has 0 spiro atoms. The first-order chi connectivity index (χ1) is 11.4. The molecule has 23 heavy (non-hydrogen) atoms. The van der Waals surface area contributed by atoms with Crippen molar-refractivity contribution in [1.82, 2.24) is 10.4 Å². The van der Waals surface area contributed by atoms with E-state index in [1.165, 1.54) is 16.0 Å². The van der Waals surface area contributed by atoms with Crippen molar-refractivity contribution >= 4 is 28.4 Å². The van der Waals surface area contributed by atoms with Crippen LogP contribution < -0.4 is 10.2 Å². The van der Waals surface area contributed by atoms with Gasteiger partial charge in [-0.25, -0.2) is 0 Å².